The summed E-state index contributed by atoms with van der Waals surface area (Å²) in [5, 5.41) is 0. The van der Waals surface area contributed by atoms with E-state index in [1.165, 1.54) is 0 Å². The van der Waals surface area contributed by atoms with Crippen molar-refractivity contribution in [3.63, 3.8) is 0 Å². The first-order chi connectivity index (χ1) is 6.22. The number of hydrogen-bond donors (Lipinski definition) is 1. The second-order valence-corrected chi connectivity index (χ2v) is 2.48. The van der Waals surface area contributed by atoms with E-state index in [2.05, 4.69) is 4.74 Å². The van der Waals surface area contributed by atoms with Crippen molar-refractivity contribution in [2.75, 3.05) is 6.61 Å². The molecular weight excluding hydrogens is 180 g/mol. The minimum atomic E-state index is -2.44. The molecule has 0 aliphatic carbocycles. The van der Waals surface area contributed by atoms with Gasteiger partial charge in [0.05, 0.1) is 6.54 Å². The minimum Gasteiger partial charge on any atom is -0.462 e. The van der Waals surface area contributed by atoms with E-state index in [0.29, 0.717) is 18.1 Å². The maximum Gasteiger partial charge on any atom is 0.261 e. The fraction of sp³-hybridized carbons (Fsp3) is 0.500. The quantitative estimate of drug-likeness (QED) is 0.767. The zero-order valence-corrected chi connectivity index (χ0v) is 7.00. The summed E-state index contributed by atoms with van der Waals surface area (Å²) in [7, 11) is 0. The highest BCUT2D eigenvalue weighted by atomic mass is 19.3. The lowest BCUT2D eigenvalue weighted by molar-refractivity contribution is 0.00429. The van der Waals surface area contributed by atoms with Crippen LogP contribution in [0.2, 0.25) is 0 Å². The molecule has 0 amide bonds. The van der Waals surface area contributed by atoms with Crippen LogP contribution in [-0.2, 0) is 17.9 Å². The molecule has 0 saturated carbocycles. The molecule has 0 fully saturated rings. The lowest BCUT2D eigenvalue weighted by Crippen LogP contribution is -2.03. The molecular formula is C8H11F2NO2. The smallest absolute Gasteiger partial charge is 0.261 e. The van der Waals surface area contributed by atoms with Crippen LogP contribution in [0.1, 0.15) is 11.5 Å². The number of halogens is 2. The van der Waals surface area contributed by atoms with Gasteiger partial charge in [-0.3, -0.25) is 0 Å². The second-order valence-electron chi connectivity index (χ2n) is 2.48. The van der Waals surface area contributed by atoms with Gasteiger partial charge in [-0.05, 0) is 12.1 Å². The first-order valence-electron chi connectivity index (χ1n) is 3.86. The molecule has 0 aliphatic rings. The van der Waals surface area contributed by atoms with Gasteiger partial charge in [-0.15, -0.1) is 0 Å². The van der Waals surface area contributed by atoms with Gasteiger partial charge in [0, 0.05) is 0 Å². The highest BCUT2D eigenvalue weighted by Crippen LogP contribution is 2.08. The molecule has 0 bridgehead atoms. The molecule has 5 heteroatoms. The molecule has 0 unspecified atom stereocenters. The van der Waals surface area contributed by atoms with E-state index in [1.807, 2.05) is 0 Å². The van der Waals surface area contributed by atoms with Crippen molar-refractivity contribution in [2.24, 2.45) is 5.73 Å². The summed E-state index contributed by atoms with van der Waals surface area (Å²) >= 11 is 0. The highest BCUT2D eigenvalue weighted by molar-refractivity contribution is 5.05. The van der Waals surface area contributed by atoms with E-state index in [4.69, 9.17) is 10.2 Å². The fourth-order valence-electron chi connectivity index (χ4n) is 0.858. The maximum atomic E-state index is 11.6. The Balaban J connectivity index is 2.28. The lowest BCUT2D eigenvalue weighted by atomic mass is 10.4. The molecule has 0 atom stereocenters. The van der Waals surface area contributed by atoms with Crippen molar-refractivity contribution >= 4 is 0 Å². The summed E-state index contributed by atoms with van der Waals surface area (Å²) in [5.74, 6) is 1.14. The SMILES string of the molecule is NCc1ccc(COCC(F)F)o1. The summed E-state index contributed by atoms with van der Waals surface area (Å²) < 4.78 is 33.0. The van der Waals surface area contributed by atoms with Crippen LogP contribution < -0.4 is 5.73 Å². The van der Waals surface area contributed by atoms with E-state index in [0.717, 1.165) is 0 Å². The average molecular weight is 191 g/mol. The summed E-state index contributed by atoms with van der Waals surface area (Å²) in [5.41, 5.74) is 5.29. The van der Waals surface area contributed by atoms with E-state index >= 15 is 0 Å². The van der Waals surface area contributed by atoms with Gasteiger partial charge >= 0.3 is 0 Å². The van der Waals surface area contributed by atoms with Crippen LogP contribution >= 0.6 is 0 Å². The number of hydrogen-bond acceptors (Lipinski definition) is 3. The molecule has 0 radical (unpaired) electrons. The van der Waals surface area contributed by atoms with Crippen LogP contribution in [0.25, 0.3) is 0 Å². The van der Waals surface area contributed by atoms with Crippen LogP contribution in [0.15, 0.2) is 16.5 Å². The lowest BCUT2D eigenvalue weighted by Gasteiger charge is -1.99. The molecule has 2 N–H and O–H groups in total. The largest absolute Gasteiger partial charge is 0.462 e. The topological polar surface area (TPSA) is 48.4 Å². The molecule has 13 heavy (non-hydrogen) atoms. The number of alkyl halides is 2. The van der Waals surface area contributed by atoms with Gasteiger partial charge in [0.1, 0.15) is 24.7 Å². The van der Waals surface area contributed by atoms with Gasteiger partial charge in [0.2, 0.25) is 0 Å². The van der Waals surface area contributed by atoms with Crippen molar-refractivity contribution in [3.8, 4) is 0 Å². The summed E-state index contributed by atoms with van der Waals surface area (Å²) in [4.78, 5) is 0. The second kappa shape index (κ2) is 4.94. The van der Waals surface area contributed by atoms with Gasteiger partial charge in [-0.2, -0.15) is 0 Å². The van der Waals surface area contributed by atoms with Crippen molar-refractivity contribution in [1.82, 2.24) is 0 Å². The highest BCUT2D eigenvalue weighted by Gasteiger charge is 2.04. The molecule has 1 heterocycles. The van der Waals surface area contributed by atoms with Gasteiger partial charge in [-0.1, -0.05) is 0 Å². The first-order valence-corrected chi connectivity index (χ1v) is 3.86. The van der Waals surface area contributed by atoms with E-state index in [9.17, 15) is 8.78 Å². The van der Waals surface area contributed by atoms with E-state index in [1.54, 1.807) is 12.1 Å². The van der Waals surface area contributed by atoms with Crippen LogP contribution in [-0.4, -0.2) is 13.0 Å². The average Bonchev–Trinajstić information content (AvgIpc) is 2.52. The van der Waals surface area contributed by atoms with E-state index in [-0.39, 0.29) is 6.61 Å². The monoisotopic (exact) mass is 191 g/mol. The van der Waals surface area contributed by atoms with E-state index < -0.39 is 13.0 Å². The predicted molar refractivity (Wildman–Crippen MR) is 42.3 cm³/mol. The third kappa shape index (κ3) is 3.52. The Morgan fingerprint density at radius 3 is 2.62 bits per heavy atom. The van der Waals surface area contributed by atoms with Crippen molar-refractivity contribution in [2.45, 2.75) is 19.6 Å². The van der Waals surface area contributed by atoms with Gasteiger partial charge in [0.15, 0.2) is 0 Å². The van der Waals surface area contributed by atoms with Crippen LogP contribution in [0.5, 0.6) is 0 Å². The molecule has 1 aromatic heterocycles. The Morgan fingerprint density at radius 1 is 1.38 bits per heavy atom. The number of furan rings is 1. The standard InChI is InChI=1S/C8H11F2NO2/c9-8(10)5-12-4-7-2-1-6(3-11)13-7/h1-2,8H,3-5,11H2. The first kappa shape index (κ1) is 10.1. The zero-order valence-electron chi connectivity index (χ0n) is 7.00. The Hall–Kier alpha value is -0.940. The third-order valence-corrected chi connectivity index (χ3v) is 1.41. The molecule has 0 aromatic carbocycles. The Kier molecular flexibility index (Phi) is 3.85. The maximum absolute atomic E-state index is 11.6. The van der Waals surface area contributed by atoms with Crippen LogP contribution in [0.3, 0.4) is 0 Å². The summed E-state index contributed by atoms with van der Waals surface area (Å²) in [6, 6.07) is 3.36. The van der Waals surface area contributed by atoms with Crippen molar-refractivity contribution in [3.05, 3.63) is 23.7 Å². The molecule has 1 aromatic rings. The van der Waals surface area contributed by atoms with Gasteiger partial charge < -0.3 is 14.9 Å². The van der Waals surface area contributed by atoms with Crippen LogP contribution in [0.4, 0.5) is 8.78 Å². The summed E-state index contributed by atoms with van der Waals surface area (Å²) in [6.45, 7) is -0.210. The zero-order chi connectivity index (χ0) is 9.68. The number of nitrogens with two attached hydrogens (primary N) is 1. The van der Waals surface area contributed by atoms with Crippen molar-refractivity contribution < 1.29 is 17.9 Å². The molecule has 74 valence electrons. The van der Waals surface area contributed by atoms with Gasteiger partial charge in [0.25, 0.3) is 6.43 Å². The fourth-order valence-corrected chi connectivity index (χ4v) is 0.858. The predicted octanol–water partition coefficient (Wildman–Crippen LogP) is 1.52. The summed E-state index contributed by atoms with van der Waals surface area (Å²) in [6.07, 6.45) is -2.44. The Morgan fingerprint density at radius 2 is 2.08 bits per heavy atom. The molecule has 0 saturated heterocycles. The van der Waals surface area contributed by atoms with Crippen molar-refractivity contribution in [1.29, 1.82) is 0 Å². The minimum absolute atomic E-state index is 0.0599. The molecule has 0 spiro atoms. The molecule has 0 aliphatic heterocycles. The molecule has 3 nitrogen and oxygen atoms in total. The third-order valence-electron chi connectivity index (χ3n) is 1.41. The Bertz CT molecular complexity index is 250. The van der Waals surface area contributed by atoms with Gasteiger partial charge in [-0.25, -0.2) is 8.78 Å². The number of ether oxygens (including phenoxy) is 1. The number of rotatable bonds is 5. The normalized spacial score (nSPS) is 11.1. The Labute approximate surface area is 74.5 Å². The van der Waals surface area contributed by atoms with Crippen LogP contribution in [0, 0.1) is 0 Å². The molecule has 1 rings (SSSR count).